The summed E-state index contributed by atoms with van der Waals surface area (Å²) in [5.74, 6) is 3.26. The first kappa shape index (κ1) is 15.4. The van der Waals surface area contributed by atoms with Gasteiger partial charge in [-0.15, -0.1) is 0 Å². The van der Waals surface area contributed by atoms with E-state index in [0.717, 1.165) is 30.1 Å². The fraction of sp³-hybridized carbons (Fsp3) is 0.700. The van der Waals surface area contributed by atoms with Crippen LogP contribution in [0.4, 0.5) is 0 Å². The van der Waals surface area contributed by atoms with Crippen molar-refractivity contribution in [2.45, 2.75) is 58.0 Å². The van der Waals surface area contributed by atoms with Gasteiger partial charge in [-0.1, -0.05) is 25.7 Å². The fourth-order valence-electron chi connectivity index (χ4n) is 6.31. The van der Waals surface area contributed by atoms with Gasteiger partial charge in [0.15, 0.2) is 0 Å². The molecule has 0 aromatic rings. The second kappa shape index (κ2) is 5.47. The van der Waals surface area contributed by atoms with Crippen molar-refractivity contribution in [2.75, 3.05) is 0 Å². The summed E-state index contributed by atoms with van der Waals surface area (Å²) in [6.45, 7) is 6.85. The van der Waals surface area contributed by atoms with Crippen molar-refractivity contribution < 1.29 is 5.11 Å². The van der Waals surface area contributed by atoms with E-state index >= 15 is 0 Å². The Labute approximate surface area is 148 Å². The predicted octanol–water partition coefficient (Wildman–Crippen LogP) is 5.41. The lowest BCUT2D eigenvalue weighted by molar-refractivity contribution is 0.0256. The molecule has 4 aliphatic rings. The molecule has 4 unspecified atom stereocenters. The summed E-state index contributed by atoms with van der Waals surface area (Å²) in [7, 11) is 0. The van der Waals surface area contributed by atoms with Crippen molar-refractivity contribution in [3.05, 3.63) is 33.5 Å². The molecule has 22 heavy (non-hydrogen) atoms. The topological polar surface area (TPSA) is 20.2 Å². The number of aliphatic hydroxyl groups is 1. The van der Waals surface area contributed by atoms with Crippen LogP contribution in [-0.4, -0.2) is 11.2 Å². The van der Waals surface area contributed by atoms with Crippen molar-refractivity contribution >= 4 is 22.6 Å². The first-order chi connectivity index (χ1) is 10.5. The zero-order valence-corrected chi connectivity index (χ0v) is 15.7. The minimum absolute atomic E-state index is 0.234. The van der Waals surface area contributed by atoms with Gasteiger partial charge in [0.25, 0.3) is 0 Å². The Bertz CT molecular complexity index is 560. The number of hydrogen-bond acceptors (Lipinski definition) is 1. The molecule has 0 aromatic heterocycles. The van der Waals surface area contributed by atoms with Gasteiger partial charge in [0, 0.05) is 0 Å². The van der Waals surface area contributed by atoms with Crippen LogP contribution < -0.4 is 0 Å². The van der Waals surface area contributed by atoms with E-state index in [1.165, 1.54) is 47.7 Å². The van der Waals surface area contributed by atoms with Gasteiger partial charge in [-0.2, -0.15) is 0 Å². The molecule has 3 fully saturated rings. The van der Waals surface area contributed by atoms with Crippen molar-refractivity contribution in [2.24, 2.45) is 29.1 Å². The van der Waals surface area contributed by atoms with Crippen molar-refractivity contribution in [3.8, 4) is 0 Å². The van der Waals surface area contributed by atoms with Crippen LogP contribution in [-0.2, 0) is 0 Å². The maximum Gasteiger partial charge on any atom is 0.0761 e. The van der Waals surface area contributed by atoms with E-state index < -0.39 is 0 Å². The number of aliphatic hydroxyl groups excluding tert-OH is 1. The van der Waals surface area contributed by atoms with Crippen LogP contribution in [0.2, 0.25) is 0 Å². The third-order valence-corrected chi connectivity index (χ3v) is 8.06. The zero-order valence-electron chi connectivity index (χ0n) is 13.5. The smallest absolute Gasteiger partial charge is 0.0761 e. The summed E-state index contributed by atoms with van der Waals surface area (Å²) in [4.78, 5) is 0. The molecule has 1 N–H and O–H groups in total. The van der Waals surface area contributed by atoms with Gasteiger partial charge in [0.1, 0.15) is 0 Å². The van der Waals surface area contributed by atoms with Gasteiger partial charge < -0.3 is 5.11 Å². The molecule has 6 atom stereocenters. The number of rotatable bonds is 1. The van der Waals surface area contributed by atoms with Crippen molar-refractivity contribution in [1.29, 1.82) is 0 Å². The monoisotopic (exact) mass is 410 g/mol. The fourth-order valence-corrected chi connectivity index (χ4v) is 7.33. The Kier molecular flexibility index (Phi) is 3.84. The molecule has 0 spiro atoms. The van der Waals surface area contributed by atoms with Crippen LogP contribution in [0.25, 0.3) is 0 Å². The molecule has 4 aliphatic carbocycles. The third-order valence-electron chi connectivity index (χ3n) is 7.31. The standard InChI is InChI=1S/C20H27IO/c1-12(21)18-7-8-19-17-5-3-13-11-14(22)4-6-15(13)16(17)9-10-20(18,19)2/h6,11,14,16-19,22H,1,3-5,7-10H2,2H3/t14?,16?,17?,18-,19?,20-/m1/s1. The van der Waals surface area contributed by atoms with E-state index in [0.29, 0.717) is 5.41 Å². The average Bonchev–Trinajstić information content (AvgIpc) is 2.84. The van der Waals surface area contributed by atoms with Crippen LogP contribution in [0, 0.1) is 29.1 Å². The number of hydrogen-bond donors (Lipinski definition) is 1. The van der Waals surface area contributed by atoms with E-state index in [1.807, 2.05) is 0 Å². The van der Waals surface area contributed by atoms with Crippen LogP contribution in [0.1, 0.15) is 51.9 Å². The minimum Gasteiger partial charge on any atom is -0.389 e. The van der Waals surface area contributed by atoms with Gasteiger partial charge in [-0.05, 0) is 111 Å². The van der Waals surface area contributed by atoms with Crippen LogP contribution in [0.15, 0.2) is 33.5 Å². The Hall–Kier alpha value is -0.0900. The SMILES string of the molecule is C=C(I)[C@H]1CCC2C3CCC4=CC(O)CC=C4C3CC[C@@]21C. The van der Waals surface area contributed by atoms with Crippen LogP contribution in [0.5, 0.6) is 0 Å². The molecule has 1 nitrogen and oxygen atoms in total. The zero-order chi connectivity index (χ0) is 15.5. The third kappa shape index (κ3) is 2.20. The summed E-state index contributed by atoms with van der Waals surface area (Å²) in [6.07, 6.45) is 13.1. The molecular weight excluding hydrogens is 383 g/mol. The normalized spacial score (nSPS) is 47.0. The van der Waals surface area contributed by atoms with E-state index in [-0.39, 0.29) is 6.10 Å². The van der Waals surface area contributed by atoms with Crippen LogP contribution in [0.3, 0.4) is 0 Å². The molecule has 0 aromatic carbocycles. The Morgan fingerprint density at radius 1 is 1.32 bits per heavy atom. The largest absolute Gasteiger partial charge is 0.389 e. The Morgan fingerprint density at radius 2 is 2.14 bits per heavy atom. The highest BCUT2D eigenvalue weighted by Gasteiger charge is 2.55. The number of fused-ring (bicyclic) bond motifs is 5. The van der Waals surface area contributed by atoms with Crippen molar-refractivity contribution in [3.63, 3.8) is 0 Å². The summed E-state index contributed by atoms with van der Waals surface area (Å²) < 4.78 is 1.39. The Morgan fingerprint density at radius 3 is 2.91 bits per heavy atom. The Balaban J connectivity index is 1.63. The molecule has 0 saturated heterocycles. The lowest BCUT2D eigenvalue weighted by atomic mass is 9.53. The van der Waals surface area contributed by atoms with E-state index in [1.54, 1.807) is 5.57 Å². The second-order valence-electron chi connectivity index (χ2n) is 8.19. The molecule has 0 aliphatic heterocycles. The van der Waals surface area contributed by atoms with Crippen molar-refractivity contribution in [1.82, 2.24) is 0 Å². The molecule has 0 bridgehead atoms. The summed E-state index contributed by atoms with van der Waals surface area (Å²) in [5, 5.41) is 9.90. The summed E-state index contributed by atoms with van der Waals surface area (Å²) in [6, 6.07) is 0. The van der Waals surface area contributed by atoms with Gasteiger partial charge in [0.2, 0.25) is 0 Å². The number of halogens is 1. The predicted molar refractivity (Wildman–Crippen MR) is 99.7 cm³/mol. The molecule has 2 heteroatoms. The first-order valence-corrected chi connectivity index (χ1v) is 10.0. The lowest BCUT2D eigenvalue weighted by Crippen LogP contribution is -2.44. The van der Waals surface area contributed by atoms with Crippen LogP contribution >= 0.6 is 22.6 Å². The summed E-state index contributed by atoms with van der Waals surface area (Å²) >= 11 is 2.48. The molecule has 3 saturated carbocycles. The molecule has 0 radical (unpaired) electrons. The molecule has 120 valence electrons. The van der Waals surface area contributed by atoms with E-state index in [2.05, 4.69) is 48.2 Å². The van der Waals surface area contributed by atoms with Gasteiger partial charge in [-0.25, -0.2) is 0 Å². The quantitative estimate of drug-likeness (QED) is 0.574. The van der Waals surface area contributed by atoms with Gasteiger partial charge in [0.05, 0.1) is 6.10 Å². The maximum atomic E-state index is 9.90. The highest BCUT2D eigenvalue weighted by molar-refractivity contribution is 14.1. The first-order valence-electron chi connectivity index (χ1n) is 8.94. The lowest BCUT2D eigenvalue weighted by Gasteiger charge is -2.52. The molecular formula is C20H27IO. The summed E-state index contributed by atoms with van der Waals surface area (Å²) in [5.41, 5.74) is 3.58. The van der Waals surface area contributed by atoms with Gasteiger partial charge in [-0.3, -0.25) is 0 Å². The molecule has 0 amide bonds. The highest BCUT2D eigenvalue weighted by atomic mass is 127. The van der Waals surface area contributed by atoms with Gasteiger partial charge >= 0.3 is 0 Å². The van der Waals surface area contributed by atoms with E-state index in [9.17, 15) is 5.11 Å². The highest BCUT2D eigenvalue weighted by Crippen LogP contribution is 2.64. The second-order valence-corrected chi connectivity index (χ2v) is 9.58. The minimum atomic E-state index is -0.234. The van der Waals surface area contributed by atoms with E-state index in [4.69, 9.17) is 0 Å². The molecule has 4 rings (SSSR count). The average molecular weight is 410 g/mol. The molecule has 0 heterocycles. The maximum absolute atomic E-state index is 9.90. The number of allylic oxidation sites excluding steroid dienone is 3.